The summed E-state index contributed by atoms with van der Waals surface area (Å²) in [5, 5.41) is 0. The predicted molar refractivity (Wildman–Crippen MR) is 90.6 cm³/mol. The molecule has 0 saturated carbocycles. The fourth-order valence-electron chi connectivity index (χ4n) is 1.96. The van der Waals surface area contributed by atoms with Crippen molar-refractivity contribution in [1.82, 2.24) is 10.9 Å². The van der Waals surface area contributed by atoms with E-state index in [9.17, 15) is 4.79 Å². The zero-order valence-corrected chi connectivity index (χ0v) is 14.1. The number of amides is 1. The van der Waals surface area contributed by atoms with E-state index in [1.165, 1.54) is 5.56 Å². The van der Waals surface area contributed by atoms with Gasteiger partial charge in [0.15, 0.2) is 6.61 Å². The maximum Gasteiger partial charge on any atom is 0.276 e. The van der Waals surface area contributed by atoms with Gasteiger partial charge >= 0.3 is 0 Å². The van der Waals surface area contributed by atoms with E-state index in [0.29, 0.717) is 11.6 Å². The first-order valence-corrected chi connectivity index (χ1v) is 7.41. The molecule has 0 radical (unpaired) electrons. The van der Waals surface area contributed by atoms with Gasteiger partial charge < -0.3 is 4.74 Å². The minimum atomic E-state index is -0.251. The van der Waals surface area contributed by atoms with Crippen molar-refractivity contribution in [2.45, 2.75) is 40.5 Å². The number of benzene rings is 1. The number of rotatable bonds is 7. The van der Waals surface area contributed by atoms with Crippen LogP contribution in [0, 0.1) is 6.92 Å². The Morgan fingerprint density at radius 3 is 2.59 bits per heavy atom. The summed E-state index contributed by atoms with van der Waals surface area (Å²) >= 11 is 0. The maximum absolute atomic E-state index is 11.8. The molecule has 0 aromatic heterocycles. The number of hydrogen-bond donors (Lipinski definition) is 2. The molecule has 1 amide bonds. The fraction of sp³-hybridized carbons (Fsp3) is 0.389. The number of aryl methyl sites for hydroxylation is 1. The lowest BCUT2D eigenvalue weighted by molar-refractivity contribution is -0.123. The molecule has 0 bridgehead atoms. The summed E-state index contributed by atoms with van der Waals surface area (Å²) in [6.45, 7) is 13.9. The van der Waals surface area contributed by atoms with Crippen molar-refractivity contribution >= 4 is 5.91 Å². The number of carbonyl (C=O) groups is 1. The van der Waals surface area contributed by atoms with Crippen molar-refractivity contribution < 1.29 is 9.53 Å². The van der Waals surface area contributed by atoms with Gasteiger partial charge in [-0.25, -0.2) is 0 Å². The van der Waals surface area contributed by atoms with Crippen LogP contribution in [0.15, 0.2) is 42.1 Å². The molecular formula is C18H26N2O2. The first-order valence-electron chi connectivity index (χ1n) is 7.41. The number of nitrogens with one attached hydrogen (secondary N) is 2. The van der Waals surface area contributed by atoms with Gasteiger partial charge in [0, 0.05) is 5.70 Å². The largest absolute Gasteiger partial charge is 0.483 e. The lowest BCUT2D eigenvalue weighted by Gasteiger charge is -2.15. The van der Waals surface area contributed by atoms with E-state index in [0.717, 1.165) is 16.9 Å². The minimum Gasteiger partial charge on any atom is -0.483 e. The van der Waals surface area contributed by atoms with Gasteiger partial charge in [0.1, 0.15) is 5.75 Å². The molecule has 4 heteroatoms. The topological polar surface area (TPSA) is 50.4 Å². The molecule has 2 N–H and O–H groups in total. The van der Waals surface area contributed by atoms with E-state index in [2.05, 4.69) is 37.3 Å². The van der Waals surface area contributed by atoms with Crippen molar-refractivity contribution in [2.75, 3.05) is 6.61 Å². The van der Waals surface area contributed by atoms with E-state index in [1.54, 1.807) is 0 Å². The molecule has 0 aliphatic rings. The average molecular weight is 302 g/mol. The Labute approximate surface area is 133 Å². The molecule has 0 aliphatic carbocycles. The van der Waals surface area contributed by atoms with Gasteiger partial charge in [-0.3, -0.25) is 15.6 Å². The average Bonchev–Trinajstić information content (AvgIpc) is 2.42. The van der Waals surface area contributed by atoms with E-state index in [4.69, 9.17) is 4.74 Å². The van der Waals surface area contributed by atoms with Crippen LogP contribution >= 0.6 is 0 Å². The van der Waals surface area contributed by atoms with E-state index >= 15 is 0 Å². The smallest absolute Gasteiger partial charge is 0.276 e. The van der Waals surface area contributed by atoms with Crippen molar-refractivity contribution in [3.05, 3.63) is 53.3 Å². The van der Waals surface area contributed by atoms with Crippen LogP contribution in [0.2, 0.25) is 0 Å². The summed E-state index contributed by atoms with van der Waals surface area (Å²) in [5.74, 6) is 0.839. The third kappa shape index (κ3) is 6.04. The van der Waals surface area contributed by atoms with Gasteiger partial charge in [-0.15, -0.1) is 0 Å². The van der Waals surface area contributed by atoms with Crippen molar-refractivity contribution in [3.63, 3.8) is 0 Å². The maximum atomic E-state index is 11.8. The molecule has 0 heterocycles. The van der Waals surface area contributed by atoms with E-state index in [-0.39, 0.29) is 12.5 Å². The van der Waals surface area contributed by atoms with Gasteiger partial charge in [-0.1, -0.05) is 43.7 Å². The van der Waals surface area contributed by atoms with Gasteiger partial charge in [0.05, 0.1) is 0 Å². The highest BCUT2D eigenvalue weighted by Gasteiger charge is 2.10. The molecule has 120 valence electrons. The second kappa shape index (κ2) is 8.27. The normalized spacial score (nSPS) is 10.1. The number of hydrogen-bond acceptors (Lipinski definition) is 3. The fourth-order valence-corrected chi connectivity index (χ4v) is 1.96. The first-order chi connectivity index (χ1) is 10.3. The Bertz CT molecular complexity index is 570. The molecular weight excluding hydrogens is 276 g/mol. The Morgan fingerprint density at radius 1 is 1.32 bits per heavy atom. The third-order valence-electron chi connectivity index (χ3n) is 2.97. The van der Waals surface area contributed by atoms with Crippen molar-refractivity contribution in [3.8, 4) is 5.75 Å². The molecule has 0 atom stereocenters. The van der Waals surface area contributed by atoms with Crippen LogP contribution < -0.4 is 15.6 Å². The van der Waals surface area contributed by atoms with Crippen LogP contribution in [-0.4, -0.2) is 12.5 Å². The lowest BCUT2D eigenvalue weighted by Crippen LogP contribution is -2.39. The molecule has 1 aromatic rings. The Hall–Kier alpha value is -2.23. The highest BCUT2D eigenvalue weighted by molar-refractivity contribution is 5.77. The molecule has 0 unspecified atom stereocenters. The van der Waals surface area contributed by atoms with Gasteiger partial charge in [-0.05, 0) is 44.4 Å². The number of allylic oxidation sites excluding steroid dienone is 2. The summed E-state index contributed by atoms with van der Waals surface area (Å²) in [4.78, 5) is 11.8. The molecule has 0 fully saturated rings. The van der Waals surface area contributed by atoms with Crippen LogP contribution in [0.1, 0.15) is 44.7 Å². The Balaban J connectivity index is 2.54. The van der Waals surface area contributed by atoms with E-state index in [1.807, 2.05) is 39.0 Å². The van der Waals surface area contributed by atoms with Crippen LogP contribution in [-0.2, 0) is 4.79 Å². The van der Waals surface area contributed by atoms with Crippen LogP contribution in [0.25, 0.3) is 0 Å². The van der Waals surface area contributed by atoms with Gasteiger partial charge in [-0.2, -0.15) is 0 Å². The molecule has 4 nitrogen and oxygen atoms in total. The first kappa shape index (κ1) is 17.8. The highest BCUT2D eigenvalue weighted by atomic mass is 16.5. The Kier molecular flexibility index (Phi) is 6.70. The minimum absolute atomic E-state index is 0.0438. The number of hydrazine groups is 1. The summed E-state index contributed by atoms with van der Waals surface area (Å²) in [7, 11) is 0. The number of ether oxygens (including phenoxy) is 1. The quantitative estimate of drug-likeness (QED) is 0.598. The summed E-state index contributed by atoms with van der Waals surface area (Å²) in [5.41, 5.74) is 9.33. The standard InChI is InChI=1S/C18H26N2O2/c1-12(2)9-15(6)19-20-18(21)11-22-17-8-7-14(5)10-16(17)13(3)4/h7-10,13,19H,6,11H2,1-5H3,(H,20,21). The zero-order chi connectivity index (χ0) is 16.7. The van der Waals surface area contributed by atoms with Crippen LogP contribution in [0.4, 0.5) is 0 Å². The summed E-state index contributed by atoms with van der Waals surface area (Å²) < 4.78 is 5.63. The molecule has 0 spiro atoms. The lowest BCUT2D eigenvalue weighted by atomic mass is 10.00. The van der Waals surface area contributed by atoms with Crippen LogP contribution in [0.3, 0.4) is 0 Å². The van der Waals surface area contributed by atoms with Crippen LogP contribution in [0.5, 0.6) is 5.75 Å². The molecule has 0 saturated heterocycles. The third-order valence-corrected chi connectivity index (χ3v) is 2.97. The molecule has 1 rings (SSSR count). The van der Waals surface area contributed by atoms with Crippen molar-refractivity contribution in [1.29, 1.82) is 0 Å². The monoisotopic (exact) mass is 302 g/mol. The predicted octanol–water partition coefficient (Wildman–Crippen LogP) is 3.60. The molecule has 1 aromatic carbocycles. The second-order valence-electron chi connectivity index (χ2n) is 5.90. The summed E-state index contributed by atoms with van der Waals surface area (Å²) in [6.07, 6.45) is 1.85. The SMILES string of the molecule is C=C(C=C(C)C)NNC(=O)COc1ccc(C)cc1C(C)C. The Morgan fingerprint density at radius 2 is 2.00 bits per heavy atom. The second-order valence-corrected chi connectivity index (χ2v) is 5.90. The van der Waals surface area contributed by atoms with E-state index < -0.39 is 0 Å². The summed E-state index contributed by atoms with van der Waals surface area (Å²) in [6, 6.07) is 5.98. The number of carbonyl (C=O) groups excluding carboxylic acids is 1. The van der Waals surface area contributed by atoms with Gasteiger partial charge in [0.25, 0.3) is 5.91 Å². The van der Waals surface area contributed by atoms with Crippen molar-refractivity contribution in [2.24, 2.45) is 0 Å². The molecule has 0 aliphatic heterocycles. The molecule has 22 heavy (non-hydrogen) atoms. The van der Waals surface area contributed by atoms with Gasteiger partial charge in [0.2, 0.25) is 0 Å². The highest BCUT2D eigenvalue weighted by Crippen LogP contribution is 2.27. The zero-order valence-electron chi connectivity index (χ0n) is 14.1.